The standard InChI is InChI=1S/C26H34N2O3/c1-20(2)22-9-11-23(12-10-22)27-25(29)18-28-15-14-26(13-6-16-31-26)24(17-28)30-19-21-7-4-3-5-8-21/h3-5,7-12,20,24H,6,13-19H2,1-2H3,(H,27,29)/t24-,26-/m0/s1. The van der Waals surface area contributed by atoms with E-state index in [-0.39, 0.29) is 17.6 Å². The van der Waals surface area contributed by atoms with E-state index >= 15 is 0 Å². The van der Waals surface area contributed by atoms with Crippen molar-refractivity contribution in [3.05, 3.63) is 65.7 Å². The fraction of sp³-hybridized carbons (Fsp3) is 0.500. The predicted octanol–water partition coefficient (Wildman–Crippen LogP) is 4.59. The number of benzene rings is 2. The number of amides is 1. The summed E-state index contributed by atoms with van der Waals surface area (Å²) >= 11 is 0. The highest BCUT2D eigenvalue weighted by atomic mass is 16.6. The van der Waals surface area contributed by atoms with Crippen molar-refractivity contribution in [2.75, 3.05) is 31.6 Å². The van der Waals surface area contributed by atoms with Crippen LogP contribution in [0.25, 0.3) is 0 Å². The largest absolute Gasteiger partial charge is 0.372 e. The van der Waals surface area contributed by atoms with Crippen LogP contribution in [0.3, 0.4) is 0 Å². The van der Waals surface area contributed by atoms with Gasteiger partial charge in [-0.3, -0.25) is 9.69 Å². The molecule has 0 aliphatic carbocycles. The normalized spacial score (nSPS) is 24.0. The first kappa shape index (κ1) is 22.0. The average Bonchev–Trinajstić information content (AvgIpc) is 3.24. The van der Waals surface area contributed by atoms with Gasteiger partial charge in [0.2, 0.25) is 5.91 Å². The number of nitrogens with one attached hydrogen (secondary N) is 1. The molecule has 2 aromatic carbocycles. The summed E-state index contributed by atoms with van der Waals surface area (Å²) in [6, 6.07) is 18.4. The van der Waals surface area contributed by atoms with Crippen molar-refractivity contribution < 1.29 is 14.3 Å². The Hall–Kier alpha value is -2.21. The minimum Gasteiger partial charge on any atom is -0.372 e. The minimum atomic E-state index is -0.200. The zero-order chi connectivity index (χ0) is 21.7. The molecule has 5 nitrogen and oxygen atoms in total. The van der Waals surface area contributed by atoms with E-state index in [1.807, 2.05) is 30.3 Å². The van der Waals surface area contributed by atoms with E-state index in [4.69, 9.17) is 9.47 Å². The van der Waals surface area contributed by atoms with E-state index in [0.717, 1.165) is 43.7 Å². The summed E-state index contributed by atoms with van der Waals surface area (Å²) in [6.45, 7) is 7.64. The van der Waals surface area contributed by atoms with Gasteiger partial charge in [-0.2, -0.15) is 0 Å². The molecule has 0 unspecified atom stereocenters. The molecule has 0 aromatic heterocycles. The van der Waals surface area contributed by atoms with Gasteiger partial charge in [0.25, 0.3) is 0 Å². The first-order valence-electron chi connectivity index (χ1n) is 11.5. The van der Waals surface area contributed by atoms with Crippen LogP contribution in [0.2, 0.25) is 0 Å². The number of rotatable bonds is 7. The molecule has 0 radical (unpaired) electrons. The number of piperidine rings is 1. The third kappa shape index (κ3) is 5.53. The van der Waals surface area contributed by atoms with Crippen molar-refractivity contribution in [2.45, 2.75) is 57.3 Å². The number of likely N-dealkylation sites (tertiary alicyclic amines) is 1. The zero-order valence-corrected chi connectivity index (χ0v) is 18.7. The summed E-state index contributed by atoms with van der Waals surface area (Å²) in [6.07, 6.45) is 3.00. The fourth-order valence-corrected chi connectivity index (χ4v) is 4.64. The maximum Gasteiger partial charge on any atom is 0.238 e. The lowest BCUT2D eigenvalue weighted by molar-refractivity contribution is -0.159. The van der Waals surface area contributed by atoms with E-state index in [9.17, 15) is 4.79 Å². The Morgan fingerprint density at radius 2 is 1.94 bits per heavy atom. The summed E-state index contributed by atoms with van der Waals surface area (Å²) in [5, 5.41) is 3.04. The molecule has 2 heterocycles. The monoisotopic (exact) mass is 422 g/mol. The van der Waals surface area contributed by atoms with Crippen LogP contribution in [0.15, 0.2) is 54.6 Å². The van der Waals surface area contributed by atoms with Crippen molar-refractivity contribution in [3.63, 3.8) is 0 Å². The molecule has 2 aliphatic heterocycles. The van der Waals surface area contributed by atoms with Crippen molar-refractivity contribution in [3.8, 4) is 0 Å². The van der Waals surface area contributed by atoms with Gasteiger partial charge in [0.15, 0.2) is 0 Å². The third-order valence-electron chi connectivity index (χ3n) is 6.52. The van der Waals surface area contributed by atoms with Gasteiger partial charge in [-0.25, -0.2) is 0 Å². The zero-order valence-electron chi connectivity index (χ0n) is 18.7. The van der Waals surface area contributed by atoms with Gasteiger partial charge in [0, 0.05) is 25.4 Å². The molecule has 4 rings (SSSR count). The highest BCUT2D eigenvalue weighted by molar-refractivity contribution is 5.92. The third-order valence-corrected chi connectivity index (χ3v) is 6.52. The van der Waals surface area contributed by atoms with Crippen LogP contribution in [0.1, 0.15) is 50.2 Å². The SMILES string of the molecule is CC(C)c1ccc(NC(=O)CN2CC[C@@]3(CCCO3)[C@@H](OCc3ccccc3)C2)cc1. The second-order valence-electron chi connectivity index (χ2n) is 9.11. The van der Waals surface area contributed by atoms with Crippen LogP contribution in [0, 0.1) is 0 Å². The number of hydrogen-bond donors (Lipinski definition) is 1. The Kier molecular flexibility index (Phi) is 7.06. The Labute approximate surface area is 185 Å². The molecular formula is C26H34N2O3. The molecule has 2 atom stereocenters. The maximum atomic E-state index is 12.7. The van der Waals surface area contributed by atoms with Gasteiger partial charge in [-0.1, -0.05) is 56.3 Å². The molecule has 2 saturated heterocycles. The van der Waals surface area contributed by atoms with Crippen LogP contribution in [-0.4, -0.2) is 48.8 Å². The number of anilines is 1. The minimum absolute atomic E-state index is 0.0161. The van der Waals surface area contributed by atoms with Crippen LogP contribution in [-0.2, 0) is 20.9 Å². The topological polar surface area (TPSA) is 50.8 Å². The number of carbonyl (C=O) groups is 1. The van der Waals surface area contributed by atoms with Crippen LogP contribution < -0.4 is 5.32 Å². The van der Waals surface area contributed by atoms with Gasteiger partial charge in [-0.15, -0.1) is 0 Å². The van der Waals surface area contributed by atoms with Crippen molar-refractivity contribution >= 4 is 11.6 Å². The highest BCUT2D eigenvalue weighted by Gasteiger charge is 2.47. The number of carbonyl (C=O) groups excluding carboxylic acids is 1. The summed E-state index contributed by atoms with van der Waals surface area (Å²) in [5.41, 5.74) is 3.08. The van der Waals surface area contributed by atoms with Gasteiger partial charge < -0.3 is 14.8 Å². The number of hydrogen-bond acceptors (Lipinski definition) is 4. The van der Waals surface area contributed by atoms with Gasteiger partial charge in [0.1, 0.15) is 0 Å². The molecule has 0 saturated carbocycles. The van der Waals surface area contributed by atoms with E-state index in [1.165, 1.54) is 5.56 Å². The van der Waals surface area contributed by atoms with Crippen LogP contribution in [0.5, 0.6) is 0 Å². The molecule has 2 aliphatic rings. The Morgan fingerprint density at radius 3 is 2.61 bits per heavy atom. The molecule has 166 valence electrons. The van der Waals surface area contributed by atoms with E-state index in [1.54, 1.807) is 0 Å². The first-order valence-corrected chi connectivity index (χ1v) is 11.5. The maximum absolute atomic E-state index is 12.7. The van der Waals surface area contributed by atoms with Crippen molar-refractivity contribution in [1.29, 1.82) is 0 Å². The smallest absolute Gasteiger partial charge is 0.238 e. The molecular weight excluding hydrogens is 388 g/mol. The molecule has 1 spiro atoms. The quantitative estimate of drug-likeness (QED) is 0.709. The van der Waals surface area contributed by atoms with Gasteiger partial charge in [-0.05, 0) is 48.4 Å². The molecule has 0 bridgehead atoms. The second-order valence-corrected chi connectivity index (χ2v) is 9.11. The van der Waals surface area contributed by atoms with E-state index < -0.39 is 0 Å². The fourth-order valence-electron chi connectivity index (χ4n) is 4.64. The predicted molar refractivity (Wildman–Crippen MR) is 123 cm³/mol. The van der Waals surface area contributed by atoms with E-state index in [2.05, 4.69) is 48.3 Å². The Bertz CT molecular complexity index is 845. The molecule has 31 heavy (non-hydrogen) atoms. The first-order chi connectivity index (χ1) is 15.0. The Balaban J connectivity index is 1.34. The van der Waals surface area contributed by atoms with Crippen LogP contribution >= 0.6 is 0 Å². The average molecular weight is 423 g/mol. The lowest BCUT2D eigenvalue weighted by Gasteiger charge is -2.44. The lowest BCUT2D eigenvalue weighted by Crippen LogP contribution is -2.57. The summed E-state index contributed by atoms with van der Waals surface area (Å²) in [4.78, 5) is 14.9. The van der Waals surface area contributed by atoms with Gasteiger partial charge >= 0.3 is 0 Å². The highest BCUT2D eigenvalue weighted by Crippen LogP contribution is 2.38. The molecule has 5 heteroatoms. The summed E-state index contributed by atoms with van der Waals surface area (Å²) in [5.74, 6) is 0.499. The summed E-state index contributed by atoms with van der Waals surface area (Å²) in [7, 11) is 0. The molecule has 1 N–H and O–H groups in total. The molecule has 1 amide bonds. The lowest BCUT2D eigenvalue weighted by atomic mass is 9.85. The number of nitrogens with zero attached hydrogens (tertiary/aromatic N) is 1. The van der Waals surface area contributed by atoms with Crippen LogP contribution in [0.4, 0.5) is 5.69 Å². The summed E-state index contributed by atoms with van der Waals surface area (Å²) < 4.78 is 12.6. The second kappa shape index (κ2) is 9.94. The molecule has 2 fully saturated rings. The number of ether oxygens (including phenoxy) is 2. The molecule has 2 aromatic rings. The Morgan fingerprint density at radius 1 is 1.16 bits per heavy atom. The van der Waals surface area contributed by atoms with E-state index in [0.29, 0.717) is 25.6 Å². The van der Waals surface area contributed by atoms with Gasteiger partial charge in [0.05, 0.1) is 24.9 Å². The van der Waals surface area contributed by atoms with Crippen molar-refractivity contribution in [1.82, 2.24) is 4.90 Å². The van der Waals surface area contributed by atoms with Crippen molar-refractivity contribution in [2.24, 2.45) is 0 Å².